The number of carbonyl (C=O) groups is 1. The topological polar surface area (TPSA) is 97.8 Å². The first-order valence-corrected chi connectivity index (χ1v) is 11.1. The van der Waals surface area contributed by atoms with Gasteiger partial charge in [0.1, 0.15) is 18.0 Å². The summed E-state index contributed by atoms with van der Waals surface area (Å²) in [5.74, 6) is 0.747. The molecule has 0 unspecified atom stereocenters. The molecule has 3 aromatic rings. The molecule has 2 aromatic carbocycles. The van der Waals surface area contributed by atoms with Crippen LogP contribution in [0.15, 0.2) is 65.7 Å². The highest BCUT2D eigenvalue weighted by molar-refractivity contribution is 7.92. The number of anilines is 2. The van der Waals surface area contributed by atoms with Gasteiger partial charge in [0.25, 0.3) is 10.0 Å². The molecule has 1 amide bonds. The van der Waals surface area contributed by atoms with E-state index in [9.17, 15) is 13.2 Å². The van der Waals surface area contributed by atoms with Gasteiger partial charge in [-0.2, -0.15) is 0 Å². The Labute approximate surface area is 180 Å². The maximum Gasteiger partial charge on any atom is 0.414 e. The molecule has 0 spiro atoms. The largest absolute Gasteiger partial charge is 0.447 e. The first-order valence-electron chi connectivity index (χ1n) is 9.61. The fraction of sp³-hybridized carbons (Fsp3) is 0.182. The van der Waals surface area contributed by atoms with Gasteiger partial charge >= 0.3 is 6.09 Å². The summed E-state index contributed by atoms with van der Waals surface area (Å²) in [5, 5.41) is 0. The summed E-state index contributed by atoms with van der Waals surface area (Å²) in [5.41, 5.74) is 2.79. The van der Waals surface area contributed by atoms with Crippen molar-refractivity contribution < 1.29 is 22.7 Å². The number of sulfonamides is 1. The number of nitrogens with one attached hydrogen (secondary N) is 1. The Hall–Kier alpha value is -3.59. The van der Waals surface area contributed by atoms with Crippen molar-refractivity contribution in [1.29, 1.82) is 0 Å². The van der Waals surface area contributed by atoms with Crippen molar-refractivity contribution in [2.75, 3.05) is 22.8 Å². The normalized spacial score (nSPS) is 13.7. The first kappa shape index (κ1) is 20.7. The van der Waals surface area contributed by atoms with E-state index in [4.69, 9.17) is 9.47 Å². The van der Waals surface area contributed by atoms with Crippen LogP contribution in [0, 0.1) is 13.8 Å². The average molecular weight is 439 g/mol. The third-order valence-electron chi connectivity index (χ3n) is 5.00. The van der Waals surface area contributed by atoms with Crippen molar-refractivity contribution in [3.8, 4) is 11.6 Å². The quantitative estimate of drug-likeness (QED) is 0.617. The van der Waals surface area contributed by atoms with E-state index < -0.39 is 16.1 Å². The summed E-state index contributed by atoms with van der Waals surface area (Å²) >= 11 is 0. The molecule has 1 fully saturated rings. The molecule has 1 N–H and O–H groups in total. The molecular formula is C22H21N3O5S. The van der Waals surface area contributed by atoms with E-state index in [2.05, 4.69) is 9.71 Å². The number of nitrogens with zero attached hydrogens (tertiary/aromatic N) is 2. The number of amides is 1. The zero-order chi connectivity index (χ0) is 22.0. The molecule has 4 rings (SSSR count). The van der Waals surface area contributed by atoms with Gasteiger partial charge in [0, 0.05) is 11.9 Å². The number of pyridine rings is 1. The lowest BCUT2D eigenvalue weighted by atomic mass is 10.1. The van der Waals surface area contributed by atoms with E-state index >= 15 is 0 Å². The Bertz CT molecular complexity index is 1230. The van der Waals surface area contributed by atoms with E-state index in [1.807, 2.05) is 26.0 Å². The molecule has 0 saturated carbocycles. The summed E-state index contributed by atoms with van der Waals surface area (Å²) in [6, 6.07) is 14.8. The number of carbonyl (C=O) groups excluding carboxylic acids is 1. The molecule has 1 saturated heterocycles. The zero-order valence-corrected chi connectivity index (χ0v) is 17.8. The van der Waals surface area contributed by atoms with Crippen molar-refractivity contribution in [1.82, 2.24) is 4.98 Å². The van der Waals surface area contributed by atoms with Crippen molar-refractivity contribution in [2.24, 2.45) is 0 Å². The third-order valence-corrected chi connectivity index (χ3v) is 6.38. The van der Waals surface area contributed by atoms with Crippen molar-refractivity contribution in [3.05, 3.63) is 71.9 Å². The molecule has 1 aliphatic heterocycles. The molecule has 0 bridgehead atoms. The lowest BCUT2D eigenvalue weighted by molar-refractivity contribution is 0.181. The van der Waals surface area contributed by atoms with Crippen molar-refractivity contribution in [3.63, 3.8) is 0 Å². The number of rotatable bonds is 6. The molecule has 0 radical (unpaired) electrons. The maximum atomic E-state index is 12.9. The third kappa shape index (κ3) is 4.31. The summed E-state index contributed by atoms with van der Waals surface area (Å²) in [6.45, 7) is 4.63. The minimum atomic E-state index is -3.90. The summed E-state index contributed by atoms with van der Waals surface area (Å²) in [6.07, 6.45) is 1.08. The Morgan fingerprint density at radius 3 is 2.55 bits per heavy atom. The summed E-state index contributed by atoms with van der Waals surface area (Å²) < 4.78 is 39.2. The lowest BCUT2D eigenvalue weighted by Gasteiger charge is -2.15. The number of benzene rings is 2. The van der Waals surface area contributed by atoms with Gasteiger partial charge in [-0.1, -0.05) is 12.1 Å². The van der Waals surface area contributed by atoms with Crippen LogP contribution >= 0.6 is 0 Å². The van der Waals surface area contributed by atoms with Crippen LogP contribution in [0.3, 0.4) is 0 Å². The van der Waals surface area contributed by atoms with E-state index in [1.54, 1.807) is 30.3 Å². The van der Waals surface area contributed by atoms with Crippen LogP contribution in [-0.4, -0.2) is 32.6 Å². The summed E-state index contributed by atoms with van der Waals surface area (Å²) in [7, 11) is -3.90. The van der Waals surface area contributed by atoms with Crippen LogP contribution in [0.1, 0.15) is 11.1 Å². The molecule has 31 heavy (non-hydrogen) atoms. The standard InChI is InChI=1S/C22H21N3O5S/c1-15-5-3-7-20(16(15)2)30-21-19(6-4-12-23-21)24-31(27,28)18-10-8-17(9-11-18)25-13-14-29-22(25)26/h3-12,24H,13-14H2,1-2H3. The maximum absolute atomic E-state index is 12.9. The number of cyclic esters (lactones) is 1. The fourth-order valence-corrected chi connectivity index (χ4v) is 4.18. The van der Waals surface area contributed by atoms with Crippen LogP contribution in [0.4, 0.5) is 16.2 Å². The second-order valence-corrected chi connectivity index (χ2v) is 8.70. The number of ether oxygens (including phenoxy) is 2. The second-order valence-electron chi connectivity index (χ2n) is 7.02. The Kier molecular flexibility index (Phi) is 5.51. The summed E-state index contributed by atoms with van der Waals surface area (Å²) in [4.78, 5) is 17.4. The van der Waals surface area contributed by atoms with Crippen LogP contribution < -0.4 is 14.4 Å². The monoisotopic (exact) mass is 439 g/mol. The highest BCUT2D eigenvalue weighted by atomic mass is 32.2. The van der Waals surface area contributed by atoms with Crippen LogP contribution in [0.2, 0.25) is 0 Å². The van der Waals surface area contributed by atoms with E-state index in [-0.39, 0.29) is 16.5 Å². The highest BCUT2D eigenvalue weighted by Crippen LogP contribution is 2.32. The Morgan fingerprint density at radius 1 is 1.06 bits per heavy atom. The molecule has 1 aromatic heterocycles. The average Bonchev–Trinajstić information content (AvgIpc) is 3.18. The van der Waals surface area contributed by atoms with Crippen LogP contribution in [0.25, 0.3) is 0 Å². The molecule has 8 nitrogen and oxygen atoms in total. The predicted molar refractivity (Wildman–Crippen MR) is 116 cm³/mol. The van der Waals surface area contributed by atoms with Gasteiger partial charge in [-0.05, 0) is 67.4 Å². The van der Waals surface area contributed by atoms with Gasteiger partial charge in [0.15, 0.2) is 0 Å². The van der Waals surface area contributed by atoms with Gasteiger partial charge in [-0.3, -0.25) is 9.62 Å². The van der Waals surface area contributed by atoms with E-state index in [1.165, 1.54) is 23.2 Å². The van der Waals surface area contributed by atoms with Gasteiger partial charge in [0.05, 0.1) is 11.4 Å². The molecular weight excluding hydrogens is 418 g/mol. The van der Waals surface area contributed by atoms with Crippen LogP contribution in [0.5, 0.6) is 11.6 Å². The molecule has 160 valence electrons. The second kappa shape index (κ2) is 8.27. The highest BCUT2D eigenvalue weighted by Gasteiger charge is 2.24. The van der Waals surface area contributed by atoms with Crippen molar-refractivity contribution in [2.45, 2.75) is 18.7 Å². The molecule has 0 atom stereocenters. The number of aryl methyl sites for hydroxylation is 1. The molecule has 9 heteroatoms. The number of hydrogen-bond acceptors (Lipinski definition) is 6. The predicted octanol–water partition coefficient (Wildman–Crippen LogP) is 4.25. The number of hydrogen-bond donors (Lipinski definition) is 1. The SMILES string of the molecule is Cc1cccc(Oc2ncccc2NS(=O)(=O)c2ccc(N3CCOC3=O)cc2)c1C. The lowest BCUT2D eigenvalue weighted by Crippen LogP contribution is -2.23. The van der Waals surface area contributed by atoms with Gasteiger partial charge in [-0.15, -0.1) is 0 Å². The van der Waals surface area contributed by atoms with Gasteiger partial charge < -0.3 is 9.47 Å². The minimum absolute atomic E-state index is 0.0466. The fourth-order valence-electron chi connectivity index (χ4n) is 3.13. The zero-order valence-electron chi connectivity index (χ0n) is 17.0. The van der Waals surface area contributed by atoms with E-state index in [0.717, 1.165) is 11.1 Å². The Balaban J connectivity index is 1.57. The van der Waals surface area contributed by atoms with E-state index in [0.29, 0.717) is 24.6 Å². The minimum Gasteiger partial charge on any atom is -0.447 e. The molecule has 0 aliphatic carbocycles. The first-order chi connectivity index (χ1) is 14.8. The van der Waals surface area contributed by atoms with Crippen molar-refractivity contribution >= 4 is 27.5 Å². The molecule has 1 aliphatic rings. The molecule has 2 heterocycles. The van der Waals surface area contributed by atoms with Crippen LogP contribution in [-0.2, 0) is 14.8 Å². The number of aromatic nitrogens is 1. The smallest absolute Gasteiger partial charge is 0.414 e. The van der Waals surface area contributed by atoms with Gasteiger partial charge in [-0.25, -0.2) is 18.2 Å². The van der Waals surface area contributed by atoms with Gasteiger partial charge in [0.2, 0.25) is 5.88 Å². The Morgan fingerprint density at radius 2 is 1.84 bits per heavy atom.